The zero-order chi connectivity index (χ0) is 17.8. The van der Waals surface area contributed by atoms with Gasteiger partial charge in [-0.1, -0.05) is 36.4 Å². The lowest BCUT2D eigenvalue weighted by molar-refractivity contribution is 0.414. The van der Waals surface area contributed by atoms with Crippen LogP contribution in [0.2, 0.25) is 0 Å². The van der Waals surface area contributed by atoms with Crippen molar-refractivity contribution in [3.63, 3.8) is 0 Å². The SMILES string of the molecule is COc1ccc(-c2cccc(P(O)O)c2-c2ccc(OC)cc2)cc1. The normalized spacial score (nSPS) is 10.8. The van der Waals surface area contributed by atoms with Crippen molar-refractivity contribution in [2.75, 3.05) is 14.2 Å². The molecule has 0 aliphatic heterocycles. The van der Waals surface area contributed by atoms with Gasteiger partial charge < -0.3 is 19.3 Å². The molecule has 0 radical (unpaired) electrons. The highest BCUT2D eigenvalue weighted by Crippen LogP contribution is 2.38. The molecule has 0 saturated carbocycles. The molecule has 2 N–H and O–H groups in total. The molecule has 0 aliphatic carbocycles. The summed E-state index contributed by atoms with van der Waals surface area (Å²) < 4.78 is 10.4. The van der Waals surface area contributed by atoms with Gasteiger partial charge in [-0.25, -0.2) is 0 Å². The van der Waals surface area contributed by atoms with Crippen LogP contribution in [-0.2, 0) is 0 Å². The molecule has 0 atom stereocenters. The van der Waals surface area contributed by atoms with Crippen LogP contribution < -0.4 is 14.8 Å². The summed E-state index contributed by atoms with van der Waals surface area (Å²) in [5, 5.41) is 0.522. The van der Waals surface area contributed by atoms with Gasteiger partial charge >= 0.3 is 0 Å². The summed E-state index contributed by atoms with van der Waals surface area (Å²) in [6.07, 6.45) is 0. The number of ether oxygens (including phenoxy) is 2. The van der Waals surface area contributed by atoms with Crippen LogP contribution >= 0.6 is 8.38 Å². The number of methoxy groups -OCH3 is 2. The van der Waals surface area contributed by atoms with Crippen LogP contribution in [0.15, 0.2) is 66.7 Å². The maximum atomic E-state index is 9.90. The van der Waals surface area contributed by atoms with Crippen molar-refractivity contribution in [1.29, 1.82) is 0 Å². The highest BCUT2D eigenvalue weighted by Gasteiger charge is 2.17. The van der Waals surface area contributed by atoms with Gasteiger partial charge in [-0.15, -0.1) is 0 Å². The Balaban J connectivity index is 2.18. The van der Waals surface area contributed by atoms with Crippen molar-refractivity contribution >= 4 is 13.7 Å². The summed E-state index contributed by atoms with van der Waals surface area (Å²) in [5.41, 5.74) is 3.62. The summed E-state index contributed by atoms with van der Waals surface area (Å²) in [7, 11) is 1.02. The van der Waals surface area contributed by atoms with Gasteiger partial charge in [0.05, 0.1) is 14.2 Å². The maximum absolute atomic E-state index is 9.90. The molecule has 3 rings (SSSR count). The smallest absolute Gasteiger partial charge is 0.200 e. The third-order valence-corrected chi connectivity index (χ3v) is 4.84. The lowest BCUT2D eigenvalue weighted by atomic mass is 9.94. The van der Waals surface area contributed by atoms with Gasteiger partial charge in [-0.3, -0.25) is 0 Å². The molecule has 128 valence electrons. The second-order valence-electron chi connectivity index (χ2n) is 5.45. The predicted octanol–water partition coefficient (Wildman–Crippen LogP) is 3.96. The van der Waals surface area contributed by atoms with Crippen molar-refractivity contribution in [2.45, 2.75) is 0 Å². The van der Waals surface area contributed by atoms with Gasteiger partial charge in [0.2, 0.25) is 0 Å². The van der Waals surface area contributed by atoms with E-state index in [0.717, 1.165) is 33.8 Å². The minimum absolute atomic E-state index is 0.522. The first kappa shape index (κ1) is 17.4. The highest BCUT2D eigenvalue weighted by atomic mass is 31.2. The van der Waals surface area contributed by atoms with Crippen molar-refractivity contribution < 1.29 is 19.3 Å². The summed E-state index contributed by atoms with van der Waals surface area (Å²) in [5.74, 6) is 1.53. The second-order valence-corrected chi connectivity index (χ2v) is 6.51. The molecule has 0 heterocycles. The van der Waals surface area contributed by atoms with Gasteiger partial charge in [-0.2, -0.15) is 0 Å². The van der Waals surface area contributed by atoms with E-state index < -0.39 is 8.38 Å². The summed E-state index contributed by atoms with van der Waals surface area (Å²) in [6.45, 7) is 0. The monoisotopic (exact) mass is 354 g/mol. The van der Waals surface area contributed by atoms with Crippen LogP contribution in [0.25, 0.3) is 22.3 Å². The largest absolute Gasteiger partial charge is 0.497 e. The molecular formula is C20H19O4P. The van der Waals surface area contributed by atoms with Gasteiger partial charge in [0.25, 0.3) is 0 Å². The Bertz CT molecular complexity index is 843. The van der Waals surface area contributed by atoms with Gasteiger partial charge in [0.15, 0.2) is 8.38 Å². The molecule has 0 amide bonds. The second kappa shape index (κ2) is 7.66. The van der Waals surface area contributed by atoms with E-state index in [1.165, 1.54) is 0 Å². The molecule has 0 bridgehead atoms. The third-order valence-electron chi connectivity index (χ3n) is 4.04. The molecule has 3 aromatic rings. The minimum Gasteiger partial charge on any atom is -0.497 e. The Morgan fingerprint density at radius 1 is 0.680 bits per heavy atom. The lowest BCUT2D eigenvalue weighted by Crippen LogP contribution is -2.06. The van der Waals surface area contributed by atoms with E-state index in [1.807, 2.05) is 60.7 Å². The van der Waals surface area contributed by atoms with E-state index in [2.05, 4.69) is 0 Å². The highest BCUT2D eigenvalue weighted by molar-refractivity contribution is 7.54. The molecular weight excluding hydrogens is 335 g/mol. The van der Waals surface area contributed by atoms with Gasteiger partial charge in [0.1, 0.15) is 11.5 Å². The Hall–Kier alpha value is -2.39. The van der Waals surface area contributed by atoms with Crippen LogP contribution in [0.5, 0.6) is 11.5 Å². The van der Waals surface area contributed by atoms with E-state index in [9.17, 15) is 9.79 Å². The lowest BCUT2D eigenvalue weighted by Gasteiger charge is -2.16. The van der Waals surface area contributed by atoms with E-state index in [-0.39, 0.29) is 0 Å². The minimum atomic E-state index is -2.22. The Labute approximate surface area is 148 Å². The predicted molar refractivity (Wildman–Crippen MR) is 101 cm³/mol. The molecule has 0 aliphatic rings. The van der Waals surface area contributed by atoms with Crippen LogP contribution in [0.4, 0.5) is 0 Å². The fraction of sp³-hybridized carbons (Fsp3) is 0.100. The first-order valence-corrected chi connectivity index (χ1v) is 8.98. The van der Waals surface area contributed by atoms with Crippen molar-refractivity contribution in [3.8, 4) is 33.8 Å². The van der Waals surface area contributed by atoms with E-state index in [1.54, 1.807) is 20.3 Å². The average molecular weight is 354 g/mol. The zero-order valence-electron chi connectivity index (χ0n) is 14.0. The first-order chi connectivity index (χ1) is 12.1. The molecule has 25 heavy (non-hydrogen) atoms. The van der Waals surface area contributed by atoms with Crippen molar-refractivity contribution in [2.24, 2.45) is 0 Å². The first-order valence-electron chi connectivity index (χ1n) is 7.74. The number of rotatable bonds is 5. The molecule has 0 fully saturated rings. The van der Waals surface area contributed by atoms with Crippen molar-refractivity contribution in [1.82, 2.24) is 0 Å². The number of hydrogen-bond acceptors (Lipinski definition) is 4. The Morgan fingerprint density at radius 2 is 1.20 bits per heavy atom. The Kier molecular flexibility index (Phi) is 5.34. The molecule has 0 unspecified atom stereocenters. The average Bonchev–Trinajstić information content (AvgIpc) is 2.67. The third kappa shape index (κ3) is 3.67. The van der Waals surface area contributed by atoms with Crippen molar-refractivity contribution in [3.05, 3.63) is 66.7 Å². The van der Waals surface area contributed by atoms with E-state index in [0.29, 0.717) is 5.30 Å². The quantitative estimate of drug-likeness (QED) is 0.681. The van der Waals surface area contributed by atoms with E-state index in [4.69, 9.17) is 9.47 Å². The summed E-state index contributed by atoms with van der Waals surface area (Å²) >= 11 is 0. The van der Waals surface area contributed by atoms with Crippen LogP contribution in [-0.4, -0.2) is 24.0 Å². The summed E-state index contributed by atoms with van der Waals surface area (Å²) in [6, 6.07) is 20.8. The fourth-order valence-corrected chi connectivity index (χ4v) is 3.45. The molecule has 4 nitrogen and oxygen atoms in total. The molecule has 3 aromatic carbocycles. The molecule has 0 saturated heterocycles. The number of benzene rings is 3. The van der Waals surface area contributed by atoms with E-state index >= 15 is 0 Å². The van der Waals surface area contributed by atoms with Crippen LogP contribution in [0.3, 0.4) is 0 Å². The molecule has 0 spiro atoms. The standard InChI is InChI=1S/C20H19O4P/c1-23-16-10-6-14(7-11-16)18-4-3-5-19(25(21)22)20(18)15-8-12-17(24-2)13-9-15/h3-13,21-22H,1-2H3. The van der Waals surface area contributed by atoms with Crippen LogP contribution in [0.1, 0.15) is 0 Å². The fourth-order valence-electron chi connectivity index (χ4n) is 2.78. The molecule has 0 aromatic heterocycles. The van der Waals surface area contributed by atoms with Gasteiger partial charge in [0, 0.05) is 10.9 Å². The van der Waals surface area contributed by atoms with Crippen LogP contribution in [0, 0.1) is 0 Å². The zero-order valence-corrected chi connectivity index (χ0v) is 14.9. The summed E-state index contributed by atoms with van der Waals surface area (Å²) in [4.78, 5) is 19.8. The Morgan fingerprint density at radius 3 is 1.68 bits per heavy atom. The molecule has 5 heteroatoms. The topological polar surface area (TPSA) is 58.9 Å². The van der Waals surface area contributed by atoms with Gasteiger partial charge in [-0.05, 0) is 47.0 Å². The maximum Gasteiger partial charge on any atom is 0.200 e. The number of hydrogen-bond donors (Lipinski definition) is 2.